The molecule has 2 aromatic rings. The van der Waals surface area contributed by atoms with Crippen molar-refractivity contribution in [1.29, 1.82) is 0 Å². The lowest BCUT2D eigenvalue weighted by Crippen LogP contribution is -2.22. The average molecular weight is 307 g/mol. The first-order chi connectivity index (χ1) is 10.1. The molecule has 1 aromatic heterocycles. The van der Waals surface area contributed by atoms with Gasteiger partial charge in [0.05, 0.1) is 4.92 Å². The molecule has 0 unspecified atom stereocenters. The Morgan fingerprint density at radius 3 is 2.95 bits per heavy atom. The molecule has 0 saturated heterocycles. The summed E-state index contributed by atoms with van der Waals surface area (Å²) in [6, 6.07) is 6.11. The number of benzene rings is 1. The largest absolute Gasteiger partial charge is 0.360 e. The van der Waals surface area contributed by atoms with Crippen LogP contribution in [0.15, 0.2) is 24.3 Å². The van der Waals surface area contributed by atoms with Crippen molar-refractivity contribution in [3.8, 4) is 0 Å². The fourth-order valence-electron chi connectivity index (χ4n) is 1.58. The molecule has 0 saturated carbocycles. The first-order valence-corrected chi connectivity index (χ1v) is 7.00. The Hall–Kier alpha value is -2.55. The number of anilines is 1. The van der Waals surface area contributed by atoms with Gasteiger partial charge < -0.3 is 10.6 Å². The van der Waals surface area contributed by atoms with Gasteiger partial charge in [-0.25, -0.2) is 0 Å². The molecule has 0 fully saturated rings. The number of nitro benzene ring substituents is 1. The van der Waals surface area contributed by atoms with Gasteiger partial charge in [0.25, 0.3) is 11.6 Å². The molecule has 1 aromatic carbocycles. The summed E-state index contributed by atoms with van der Waals surface area (Å²) in [6.45, 7) is 2.81. The van der Waals surface area contributed by atoms with Gasteiger partial charge in [0.15, 0.2) is 0 Å². The van der Waals surface area contributed by atoms with Crippen molar-refractivity contribution in [2.45, 2.75) is 13.5 Å². The minimum atomic E-state index is -0.473. The molecule has 0 bridgehead atoms. The summed E-state index contributed by atoms with van der Waals surface area (Å²) in [6.07, 6.45) is 0. The molecule has 0 radical (unpaired) electrons. The van der Waals surface area contributed by atoms with Crippen LogP contribution in [0.5, 0.6) is 0 Å². The van der Waals surface area contributed by atoms with Crippen LogP contribution < -0.4 is 10.6 Å². The highest BCUT2D eigenvalue weighted by Gasteiger charge is 2.13. The number of nitrogens with one attached hydrogen (secondary N) is 2. The fourth-order valence-corrected chi connectivity index (χ4v) is 2.30. The first-order valence-electron chi connectivity index (χ1n) is 6.19. The van der Waals surface area contributed by atoms with Gasteiger partial charge in [-0.05, 0) is 12.5 Å². The van der Waals surface area contributed by atoms with Crippen LogP contribution in [0, 0.1) is 10.1 Å². The van der Waals surface area contributed by atoms with Crippen molar-refractivity contribution in [1.82, 2.24) is 15.5 Å². The van der Waals surface area contributed by atoms with E-state index in [9.17, 15) is 14.9 Å². The maximum Gasteiger partial charge on any atom is 0.282 e. The SMILES string of the molecule is CCNc1nnc(C(=O)NCc2cccc([N+](=O)[O-])c2)s1. The zero-order valence-electron chi connectivity index (χ0n) is 11.2. The van der Waals surface area contributed by atoms with E-state index in [0.717, 1.165) is 11.3 Å². The molecule has 0 aliphatic heterocycles. The van der Waals surface area contributed by atoms with Crippen molar-refractivity contribution in [2.75, 3.05) is 11.9 Å². The zero-order valence-corrected chi connectivity index (χ0v) is 12.0. The lowest BCUT2D eigenvalue weighted by atomic mass is 10.2. The predicted molar refractivity (Wildman–Crippen MR) is 78.3 cm³/mol. The second-order valence-electron chi connectivity index (χ2n) is 4.05. The Kier molecular flexibility index (Phi) is 4.77. The van der Waals surface area contributed by atoms with Gasteiger partial charge in [0, 0.05) is 25.2 Å². The van der Waals surface area contributed by atoms with E-state index in [0.29, 0.717) is 17.2 Å². The monoisotopic (exact) mass is 307 g/mol. The van der Waals surface area contributed by atoms with Gasteiger partial charge in [0.1, 0.15) is 0 Å². The summed E-state index contributed by atoms with van der Waals surface area (Å²) in [5, 5.41) is 24.7. The fraction of sp³-hybridized carbons (Fsp3) is 0.250. The van der Waals surface area contributed by atoms with Crippen LogP contribution in [0.3, 0.4) is 0 Å². The van der Waals surface area contributed by atoms with Gasteiger partial charge in [-0.3, -0.25) is 14.9 Å². The Morgan fingerprint density at radius 1 is 1.43 bits per heavy atom. The number of hydrogen-bond donors (Lipinski definition) is 2. The van der Waals surface area contributed by atoms with Crippen molar-refractivity contribution in [3.63, 3.8) is 0 Å². The summed E-state index contributed by atoms with van der Waals surface area (Å²) < 4.78 is 0. The summed E-state index contributed by atoms with van der Waals surface area (Å²) in [4.78, 5) is 22.1. The third kappa shape index (κ3) is 3.96. The van der Waals surface area contributed by atoms with E-state index in [2.05, 4.69) is 20.8 Å². The summed E-state index contributed by atoms with van der Waals surface area (Å²) in [5.41, 5.74) is 0.640. The Bertz CT molecular complexity index is 658. The second-order valence-corrected chi connectivity index (χ2v) is 5.03. The molecule has 0 aliphatic carbocycles. The van der Waals surface area contributed by atoms with Gasteiger partial charge >= 0.3 is 0 Å². The minimum absolute atomic E-state index is 0.00732. The van der Waals surface area contributed by atoms with E-state index < -0.39 is 4.92 Å². The number of nitro groups is 1. The number of aromatic nitrogens is 2. The maximum absolute atomic E-state index is 11.9. The second kappa shape index (κ2) is 6.75. The molecule has 0 spiro atoms. The normalized spacial score (nSPS) is 10.1. The minimum Gasteiger partial charge on any atom is -0.360 e. The molecule has 110 valence electrons. The molecular weight excluding hydrogens is 294 g/mol. The molecule has 1 heterocycles. The average Bonchev–Trinajstić information content (AvgIpc) is 2.94. The molecule has 8 nitrogen and oxygen atoms in total. The van der Waals surface area contributed by atoms with Crippen molar-refractivity contribution < 1.29 is 9.72 Å². The Labute approximate surface area is 124 Å². The van der Waals surface area contributed by atoms with Crippen LogP contribution in [0.1, 0.15) is 22.3 Å². The van der Waals surface area contributed by atoms with Gasteiger partial charge in [0.2, 0.25) is 10.1 Å². The molecule has 0 atom stereocenters. The molecule has 1 amide bonds. The smallest absolute Gasteiger partial charge is 0.282 e. The van der Waals surface area contributed by atoms with E-state index in [4.69, 9.17) is 0 Å². The number of rotatable bonds is 6. The predicted octanol–water partition coefficient (Wildman–Crippen LogP) is 1.81. The van der Waals surface area contributed by atoms with Crippen LogP contribution in [0.4, 0.5) is 10.8 Å². The molecule has 9 heteroatoms. The van der Waals surface area contributed by atoms with Crippen molar-refractivity contribution >= 4 is 28.1 Å². The summed E-state index contributed by atoms with van der Waals surface area (Å²) >= 11 is 1.16. The molecule has 2 rings (SSSR count). The maximum atomic E-state index is 11.9. The van der Waals surface area contributed by atoms with Crippen LogP contribution in [0.25, 0.3) is 0 Å². The van der Waals surface area contributed by atoms with E-state index in [1.54, 1.807) is 12.1 Å². The number of nitrogens with zero attached hydrogens (tertiary/aromatic N) is 3. The van der Waals surface area contributed by atoms with E-state index in [-0.39, 0.29) is 23.1 Å². The highest BCUT2D eigenvalue weighted by molar-refractivity contribution is 7.17. The van der Waals surface area contributed by atoms with E-state index in [1.165, 1.54) is 12.1 Å². The molecule has 0 aliphatic rings. The topological polar surface area (TPSA) is 110 Å². The Balaban J connectivity index is 1.97. The highest BCUT2D eigenvalue weighted by atomic mass is 32.1. The lowest BCUT2D eigenvalue weighted by molar-refractivity contribution is -0.384. The third-order valence-corrected chi connectivity index (χ3v) is 3.40. The van der Waals surface area contributed by atoms with Crippen molar-refractivity contribution in [3.05, 3.63) is 45.0 Å². The number of non-ortho nitro benzene ring substituents is 1. The number of amides is 1. The van der Waals surface area contributed by atoms with Crippen LogP contribution in [0.2, 0.25) is 0 Å². The van der Waals surface area contributed by atoms with Gasteiger partial charge in [-0.15, -0.1) is 10.2 Å². The number of carbonyl (C=O) groups is 1. The Morgan fingerprint density at radius 2 is 2.24 bits per heavy atom. The van der Waals surface area contributed by atoms with Gasteiger partial charge in [-0.2, -0.15) is 0 Å². The van der Waals surface area contributed by atoms with Crippen LogP contribution >= 0.6 is 11.3 Å². The molecule has 21 heavy (non-hydrogen) atoms. The first kappa shape index (κ1) is 14.9. The van der Waals surface area contributed by atoms with E-state index >= 15 is 0 Å². The quantitative estimate of drug-likeness (QED) is 0.622. The molecule has 2 N–H and O–H groups in total. The van der Waals surface area contributed by atoms with Crippen LogP contribution in [-0.2, 0) is 6.54 Å². The summed E-state index contributed by atoms with van der Waals surface area (Å²) in [5.74, 6) is -0.358. The molecular formula is C12H13N5O3S. The number of carbonyl (C=O) groups excluding carboxylic acids is 1. The third-order valence-electron chi connectivity index (χ3n) is 2.52. The lowest BCUT2D eigenvalue weighted by Gasteiger charge is -2.02. The number of hydrogen-bond acceptors (Lipinski definition) is 7. The van der Waals surface area contributed by atoms with E-state index in [1.807, 2.05) is 6.92 Å². The zero-order chi connectivity index (χ0) is 15.2. The van der Waals surface area contributed by atoms with Crippen molar-refractivity contribution in [2.24, 2.45) is 0 Å². The standard InChI is InChI=1S/C12H13N5O3S/c1-2-13-12-16-15-11(21-12)10(18)14-7-8-4-3-5-9(6-8)17(19)20/h3-6H,2,7H2,1H3,(H,13,16)(H,14,18). The highest BCUT2D eigenvalue weighted by Crippen LogP contribution is 2.15. The van der Waals surface area contributed by atoms with Gasteiger partial charge in [-0.1, -0.05) is 23.5 Å². The van der Waals surface area contributed by atoms with Crippen LogP contribution in [-0.4, -0.2) is 27.6 Å². The summed E-state index contributed by atoms with van der Waals surface area (Å²) in [7, 11) is 0.